The molecule has 1 aromatic carbocycles. The lowest BCUT2D eigenvalue weighted by atomic mass is 10.2. The normalized spacial score (nSPS) is 11.5. The van der Waals surface area contributed by atoms with Gasteiger partial charge in [-0.1, -0.05) is 6.07 Å². The largest absolute Gasteiger partial charge is 0.493 e. The lowest BCUT2D eigenvalue weighted by Gasteiger charge is -2.09. The number of carboxylic acids is 1. The summed E-state index contributed by atoms with van der Waals surface area (Å²) in [5, 5.41) is 8.35. The average molecular weight is 272 g/mol. The molecule has 18 heavy (non-hydrogen) atoms. The van der Waals surface area contributed by atoms with E-state index in [9.17, 15) is 13.2 Å². The minimum Gasteiger partial charge on any atom is -0.493 e. The highest BCUT2D eigenvalue weighted by atomic mass is 32.2. The van der Waals surface area contributed by atoms with Gasteiger partial charge in [0.15, 0.2) is 9.84 Å². The summed E-state index contributed by atoms with van der Waals surface area (Å²) in [7, 11) is -3.14. The Morgan fingerprint density at radius 2 is 2.06 bits per heavy atom. The highest BCUT2D eigenvalue weighted by Gasteiger charge is 2.15. The summed E-state index contributed by atoms with van der Waals surface area (Å²) < 4.78 is 28.3. The van der Waals surface area contributed by atoms with Crippen LogP contribution in [-0.2, 0) is 9.84 Å². The highest BCUT2D eigenvalue weighted by molar-refractivity contribution is 7.91. The standard InChI is InChI=1S/C12H16O5S/c1-9(2)18(15,16)7-6-17-11-5-3-4-10(8-11)12(13)14/h3-5,8-9H,6-7H2,1-2H3,(H,13,14). The molecule has 0 radical (unpaired) electrons. The van der Waals surface area contributed by atoms with E-state index >= 15 is 0 Å². The van der Waals surface area contributed by atoms with Crippen LogP contribution in [0.5, 0.6) is 5.75 Å². The molecular formula is C12H16O5S. The van der Waals surface area contributed by atoms with Crippen LogP contribution in [0.15, 0.2) is 24.3 Å². The van der Waals surface area contributed by atoms with Gasteiger partial charge in [-0.3, -0.25) is 0 Å². The van der Waals surface area contributed by atoms with E-state index in [4.69, 9.17) is 9.84 Å². The molecular weight excluding hydrogens is 256 g/mol. The Labute approximate surface area is 106 Å². The summed E-state index contributed by atoms with van der Waals surface area (Å²) in [6.45, 7) is 3.24. The van der Waals surface area contributed by atoms with Gasteiger partial charge in [0.2, 0.25) is 0 Å². The second-order valence-corrected chi connectivity index (χ2v) is 6.77. The molecule has 6 heteroatoms. The zero-order valence-electron chi connectivity index (χ0n) is 10.3. The first-order valence-corrected chi connectivity index (χ1v) is 7.22. The Morgan fingerprint density at radius 3 is 2.61 bits per heavy atom. The van der Waals surface area contributed by atoms with E-state index in [0.29, 0.717) is 5.75 Å². The van der Waals surface area contributed by atoms with Crippen LogP contribution in [0.3, 0.4) is 0 Å². The van der Waals surface area contributed by atoms with Gasteiger partial charge in [-0.25, -0.2) is 13.2 Å². The van der Waals surface area contributed by atoms with Crippen molar-refractivity contribution in [1.82, 2.24) is 0 Å². The number of aromatic carboxylic acids is 1. The fourth-order valence-corrected chi connectivity index (χ4v) is 2.02. The van der Waals surface area contributed by atoms with Gasteiger partial charge < -0.3 is 9.84 Å². The maximum atomic E-state index is 11.5. The summed E-state index contributed by atoms with van der Waals surface area (Å²) in [5.74, 6) is -0.772. The molecule has 0 saturated heterocycles. The predicted molar refractivity (Wildman–Crippen MR) is 67.8 cm³/mol. The van der Waals surface area contributed by atoms with Crippen LogP contribution in [0.4, 0.5) is 0 Å². The molecule has 0 fully saturated rings. The maximum Gasteiger partial charge on any atom is 0.335 e. The van der Waals surface area contributed by atoms with Crippen molar-refractivity contribution in [3.8, 4) is 5.75 Å². The molecule has 0 aliphatic heterocycles. The molecule has 0 aromatic heterocycles. The van der Waals surface area contributed by atoms with E-state index < -0.39 is 21.1 Å². The Morgan fingerprint density at radius 1 is 1.39 bits per heavy atom. The minimum atomic E-state index is -3.14. The lowest BCUT2D eigenvalue weighted by molar-refractivity contribution is 0.0696. The summed E-state index contributed by atoms with van der Waals surface area (Å²) >= 11 is 0. The number of carbonyl (C=O) groups is 1. The van der Waals surface area contributed by atoms with Crippen molar-refractivity contribution in [2.45, 2.75) is 19.1 Å². The molecule has 1 N–H and O–H groups in total. The topological polar surface area (TPSA) is 80.7 Å². The molecule has 100 valence electrons. The van der Waals surface area contributed by atoms with Crippen LogP contribution < -0.4 is 4.74 Å². The molecule has 1 aromatic rings. The van der Waals surface area contributed by atoms with Gasteiger partial charge in [0.25, 0.3) is 0 Å². The van der Waals surface area contributed by atoms with Crippen LogP contribution in [0.2, 0.25) is 0 Å². The van der Waals surface area contributed by atoms with Gasteiger partial charge in [-0.2, -0.15) is 0 Å². The summed E-state index contributed by atoms with van der Waals surface area (Å²) in [5.41, 5.74) is 0.110. The van der Waals surface area contributed by atoms with Gasteiger partial charge in [0.1, 0.15) is 12.4 Å². The monoisotopic (exact) mass is 272 g/mol. The number of rotatable bonds is 6. The van der Waals surface area contributed by atoms with Crippen molar-refractivity contribution < 1.29 is 23.1 Å². The van der Waals surface area contributed by atoms with Gasteiger partial charge in [0.05, 0.1) is 16.6 Å². The van der Waals surface area contributed by atoms with Gasteiger partial charge in [-0.05, 0) is 32.0 Å². The van der Waals surface area contributed by atoms with Crippen LogP contribution in [0, 0.1) is 0 Å². The van der Waals surface area contributed by atoms with E-state index in [2.05, 4.69) is 0 Å². The van der Waals surface area contributed by atoms with E-state index in [1.165, 1.54) is 12.1 Å². The van der Waals surface area contributed by atoms with Gasteiger partial charge in [-0.15, -0.1) is 0 Å². The van der Waals surface area contributed by atoms with Crippen molar-refractivity contribution in [2.24, 2.45) is 0 Å². The molecule has 0 atom stereocenters. The second-order valence-electron chi connectivity index (χ2n) is 4.10. The second kappa shape index (κ2) is 5.86. The van der Waals surface area contributed by atoms with Crippen LogP contribution in [-0.4, -0.2) is 37.1 Å². The van der Waals surface area contributed by atoms with Crippen molar-refractivity contribution in [3.05, 3.63) is 29.8 Å². The third-order valence-electron chi connectivity index (χ3n) is 2.44. The first kappa shape index (κ1) is 14.5. The summed E-state index contributed by atoms with van der Waals surface area (Å²) in [4.78, 5) is 10.7. The van der Waals surface area contributed by atoms with Crippen LogP contribution in [0.25, 0.3) is 0 Å². The number of benzene rings is 1. The summed E-state index contributed by atoms with van der Waals surface area (Å²) in [6.07, 6.45) is 0. The maximum absolute atomic E-state index is 11.5. The summed E-state index contributed by atoms with van der Waals surface area (Å²) in [6, 6.07) is 5.95. The molecule has 5 nitrogen and oxygen atoms in total. The average Bonchev–Trinajstić information content (AvgIpc) is 2.29. The Hall–Kier alpha value is -1.56. The predicted octanol–water partition coefficient (Wildman–Crippen LogP) is 1.59. The number of sulfone groups is 1. The van der Waals surface area contributed by atoms with E-state index in [1.807, 2.05) is 0 Å². The molecule has 0 amide bonds. The number of hydrogen-bond acceptors (Lipinski definition) is 4. The Kier molecular flexibility index (Phi) is 4.72. The number of hydrogen-bond donors (Lipinski definition) is 1. The molecule has 0 heterocycles. The molecule has 0 saturated carbocycles. The molecule has 1 rings (SSSR count). The van der Waals surface area contributed by atoms with Gasteiger partial charge >= 0.3 is 5.97 Å². The van der Waals surface area contributed by atoms with E-state index in [1.54, 1.807) is 26.0 Å². The zero-order chi connectivity index (χ0) is 13.8. The fraction of sp³-hybridized carbons (Fsp3) is 0.417. The smallest absolute Gasteiger partial charge is 0.335 e. The molecule has 0 spiro atoms. The fourth-order valence-electron chi connectivity index (χ4n) is 1.23. The van der Waals surface area contributed by atoms with E-state index in [0.717, 1.165) is 0 Å². The van der Waals surface area contributed by atoms with Crippen molar-refractivity contribution in [2.75, 3.05) is 12.4 Å². The SMILES string of the molecule is CC(C)S(=O)(=O)CCOc1cccc(C(=O)O)c1. The third kappa shape index (κ3) is 4.03. The van der Waals surface area contributed by atoms with Gasteiger partial charge in [0, 0.05) is 0 Å². The van der Waals surface area contributed by atoms with E-state index in [-0.39, 0.29) is 17.9 Å². The molecule has 0 aliphatic carbocycles. The zero-order valence-corrected chi connectivity index (χ0v) is 11.1. The molecule has 0 unspecified atom stereocenters. The van der Waals surface area contributed by atoms with Crippen molar-refractivity contribution >= 4 is 15.8 Å². The lowest BCUT2D eigenvalue weighted by Crippen LogP contribution is -2.22. The Bertz CT molecular complexity index is 519. The highest BCUT2D eigenvalue weighted by Crippen LogP contribution is 2.13. The minimum absolute atomic E-state index is 0.0174. The first-order chi connectivity index (χ1) is 8.33. The van der Waals surface area contributed by atoms with Crippen LogP contribution in [0.1, 0.15) is 24.2 Å². The van der Waals surface area contributed by atoms with Crippen molar-refractivity contribution in [1.29, 1.82) is 0 Å². The molecule has 0 bridgehead atoms. The first-order valence-electron chi connectivity index (χ1n) is 5.50. The quantitative estimate of drug-likeness (QED) is 0.850. The Balaban J connectivity index is 2.60. The number of carboxylic acid groups (broad SMARTS) is 1. The number of ether oxygens (including phenoxy) is 1. The van der Waals surface area contributed by atoms with Crippen molar-refractivity contribution in [3.63, 3.8) is 0 Å². The van der Waals surface area contributed by atoms with Crippen LogP contribution >= 0.6 is 0 Å². The molecule has 0 aliphatic rings. The third-order valence-corrected chi connectivity index (χ3v) is 4.61.